The molecule has 0 spiro atoms. The molecule has 0 saturated carbocycles. The highest BCUT2D eigenvalue weighted by Crippen LogP contribution is 2.32. The summed E-state index contributed by atoms with van der Waals surface area (Å²) in [5.74, 6) is -1.10. The van der Waals surface area contributed by atoms with Crippen molar-refractivity contribution in [2.75, 3.05) is 0 Å². The van der Waals surface area contributed by atoms with E-state index in [1.165, 1.54) is 41.3 Å². The van der Waals surface area contributed by atoms with Crippen molar-refractivity contribution in [1.82, 2.24) is 14.8 Å². The van der Waals surface area contributed by atoms with Crippen LogP contribution in [0.5, 0.6) is 11.5 Å². The average molecular weight is 287 g/mol. The molecule has 0 saturated heterocycles. The van der Waals surface area contributed by atoms with E-state index in [0.29, 0.717) is 16.8 Å². The first kappa shape index (κ1) is 13.0. The summed E-state index contributed by atoms with van der Waals surface area (Å²) in [6.07, 6.45) is 2.69. The minimum Gasteiger partial charge on any atom is -0.477 e. The van der Waals surface area contributed by atoms with Gasteiger partial charge in [0.05, 0.1) is 11.6 Å². The monoisotopic (exact) mass is 287 g/mol. The molecule has 6 nitrogen and oxygen atoms in total. The largest absolute Gasteiger partial charge is 0.477 e. The van der Waals surface area contributed by atoms with Gasteiger partial charge in [-0.15, -0.1) is 0 Å². The van der Waals surface area contributed by atoms with Crippen molar-refractivity contribution in [2.24, 2.45) is 7.05 Å². The van der Waals surface area contributed by atoms with Crippen LogP contribution in [-0.2, 0) is 7.05 Å². The average Bonchev–Trinajstić information content (AvgIpc) is 2.83. The van der Waals surface area contributed by atoms with Crippen LogP contribution in [0.1, 0.15) is 10.4 Å². The number of hydrogen-bond donors (Lipinski definition) is 1. The second-order valence-corrected chi connectivity index (χ2v) is 4.37. The fourth-order valence-electron chi connectivity index (χ4n) is 1.96. The Morgan fingerprint density at radius 3 is 2.67 bits per heavy atom. The predicted octanol–water partition coefficient (Wildman–Crippen LogP) is 2.60. The molecule has 3 aromatic rings. The molecule has 7 heteroatoms. The Hall–Kier alpha value is -2.96. The lowest BCUT2D eigenvalue weighted by Crippen LogP contribution is -2.02. The third-order valence-electron chi connectivity index (χ3n) is 2.98. The van der Waals surface area contributed by atoms with E-state index in [1.54, 1.807) is 7.05 Å². The molecule has 3 rings (SSSR count). The van der Waals surface area contributed by atoms with Crippen LogP contribution in [0.15, 0.2) is 36.7 Å². The van der Waals surface area contributed by atoms with Crippen molar-refractivity contribution in [2.45, 2.75) is 0 Å². The molecule has 0 fully saturated rings. The number of nitrogens with zero attached hydrogens (tertiary/aromatic N) is 3. The Kier molecular flexibility index (Phi) is 3.02. The van der Waals surface area contributed by atoms with Crippen LogP contribution in [0, 0.1) is 5.82 Å². The summed E-state index contributed by atoms with van der Waals surface area (Å²) >= 11 is 0. The number of aromatic nitrogens is 3. The molecule has 2 heterocycles. The third kappa shape index (κ3) is 2.29. The standard InChI is InChI=1S/C14H10FN3O3/c1-18-13-10(7-17-18)12(11(6-16-13)14(19)20)21-9-4-2-8(15)3-5-9/h2-7H,1H3,(H,19,20). The van der Waals surface area contributed by atoms with Crippen molar-refractivity contribution in [3.8, 4) is 11.5 Å². The van der Waals surface area contributed by atoms with Gasteiger partial charge in [-0.1, -0.05) is 0 Å². The second kappa shape index (κ2) is 4.86. The van der Waals surface area contributed by atoms with Gasteiger partial charge in [0.2, 0.25) is 0 Å². The van der Waals surface area contributed by atoms with Gasteiger partial charge in [0.15, 0.2) is 11.4 Å². The Morgan fingerprint density at radius 1 is 1.29 bits per heavy atom. The van der Waals surface area contributed by atoms with Gasteiger partial charge in [0.1, 0.15) is 17.1 Å². The van der Waals surface area contributed by atoms with Crippen LogP contribution < -0.4 is 4.74 Å². The smallest absolute Gasteiger partial charge is 0.341 e. The van der Waals surface area contributed by atoms with Crippen LogP contribution in [0.25, 0.3) is 11.0 Å². The molecule has 21 heavy (non-hydrogen) atoms. The molecule has 0 radical (unpaired) electrons. The van der Waals surface area contributed by atoms with Crippen LogP contribution in [0.3, 0.4) is 0 Å². The Morgan fingerprint density at radius 2 is 2.00 bits per heavy atom. The van der Waals surface area contributed by atoms with E-state index < -0.39 is 11.8 Å². The highest BCUT2D eigenvalue weighted by atomic mass is 19.1. The number of benzene rings is 1. The normalized spacial score (nSPS) is 10.8. The van der Waals surface area contributed by atoms with Crippen molar-refractivity contribution in [1.29, 1.82) is 0 Å². The van der Waals surface area contributed by atoms with Gasteiger partial charge in [0.25, 0.3) is 0 Å². The summed E-state index contributed by atoms with van der Waals surface area (Å²) in [5, 5.41) is 13.8. The molecular formula is C14H10FN3O3. The van der Waals surface area contributed by atoms with Crippen LogP contribution >= 0.6 is 0 Å². The van der Waals surface area contributed by atoms with E-state index in [9.17, 15) is 14.3 Å². The zero-order valence-corrected chi connectivity index (χ0v) is 10.9. The Labute approximate surface area is 118 Å². The van der Waals surface area contributed by atoms with Crippen LogP contribution in [0.4, 0.5) is 4.39 Å². The number of aromatic carboxylic acids is 1. The maximum Gasteiger partial charge on any atom is 0.341 e. The number of halogens is 1. The first-order valence-electron chi connectivity index (χ1n) is 6.03. The van der Waals surface area contributed by atoms with E-state index in [0.717, 1.165) is 0 Å². The number of ether oxygens (including phenoxy) is 1. The quantitative estimate of drug-likeness (QED) is 0.801. The zero-order valence-electron chi connectivity index (χ0n) is 10.9. The Bertz CT molecular complexity index is 827. The van der Waals surface area contributed by atoms with Gasteiger partial charge in [0, 0.05) is 13.2 Å². The SMILES string of the molecule is Cn1ncc2c(Oc3ccc(F)cc3)c(C(=O)O)cnc21. The predicted molar refractivity (Wildman–Crippen MR) is 71.9 cm³/mol. The number of carbonyl (C=O) groups is 1. The lowest BCUT2D eigenvalue weighted by Gasteiger charge is -2.09. The van der Waals surface area contributed by atoms with Crippen molar-refractivity contribution in [3.05, 3.63) is 48.0 Å². The van der Waals surface area contributed by atoms with E-state index in [-0.39, 0.29) is 11.3 Å². The molecule has 0 amide bonds. The molecule has 106 valence electrons. The van der Waals surface area contributed by atoms with Crippen molar-refractivity contribution < 1.29 is 19.0 Å². The number of rotatable bonds is 3. The van der Waals surface area contributed by atoms with Crippen LogP contribution in [-0.4, -0.2) is 25.8 Å². The Balaban J connectivity index is 2.16. The molecule has 0 aliphatic heterocycles. The van der Waals surface area contributed by atoms with Crippen molar-refractivity contribution in [3.63, 3.8) is 0 Å². The highest BCUT2D eigenvalue weighted by Gasteiger charge is 2.19. The summed E-state index contributed by atoms with van der Waals surface area (Å²) < 4.78 is 20.0. The van der Waals surface area contributed by atoms with Gasteiger partial charge in [-0.3, -0.25) is 4.68 Å². The number of hydrogen-bond acceptors (Lipinski definition) is 4. The minimum absolute atomic E-state index is 0.0835. The lowest BCUT2D eigenvalue weighted by atomic mass is 10.2. The molecule has 0 aliphatic rings. The fourth-order valence-corrected chi connectivity index (χ4v) is 1.96. The second-order valence-electron chi connectivity index (χ2n) is 4.37. The van der Waals surface area contributed by atoms with E-state index in [4.69, 9.17) is 4.74 Å². The molecular weight excluding hydrogens is 277 g/mol. The molecule has 0 unspecified atom stereocenters. The molecule has 0 aliphatic carbocycles. The topological polar surface area (TPSA) is 77.2 Å². The number of fused-ring (bicyclic) bond motifs is 1. The van der Waals surface area contributed by atoms with E-state index in [1.807, 2.05) is 0 Å². The maximum absolute atomic E-state index is 12.9. The van der Waals surface area contributed by atoms with E-state index >= 15 is 0 Å². The molecule has 0 atom stereocenters. The first-order valence-corrected chi connectivity index (χ1v) is 6.03. The zero-order chi connectivity index (χ0) is 15.0. The number of carboxylic acid groups (broad SMARTS) is 1. The molecule has 1 aromatic carbocycles. The molecule has 0 bridgehead atoms. The molecule has 1 N–H and O–H groups in total. The van der Waals surface area contributed by atoms with Crippen molar-refractivity contribution >= 4 is 17.0 Å². The number of aryl methyl sites for hydroxylation is 1. The summed E-state index contributed by atoms with van der Waals surface area (Å²) in [7, 11) is 1.69. The summed E-state index contributed by atoms with van der Waals surface area (Å²) in [5.41, 5.74) is 0.414. The minimum atomic E-state index is -1.16. The summed E-state index contributed by atoms with van der Waals surface area (Å²) in [6, 6.07) is 5.31. The van der Waals surface area contributed by atoms with Gasteiger partial charge >= 0.3 is 5.97 Å². The summed E-state index contributed by atoms with van der Waals surface area (Å²) in [4.78, 5) is 15.4. The van der Waals surface area contributed by atoms with Gasteiger partial charge in [-0.05, 0) is 24.3 Å². The molecule has 2 aromatic heterocycles. The maximum atomic E-state index is 12.9. The van der Waals surface area contributed by atoms with Crippen LogP contribution in [0.2, 0.25) is 0 Å². The van der Waals surface area contributed by atoms with Gasteiger partial charge in [-0.25, -0.2) is 14.2 Å². The lowest BCUT2D eigenvalue weighted by molar-refractivity contribution is 0.0694. The summed E-state index contributed by atoms with van der Waals surface area (Å²) in [6.45, 7) is 0. The highest BCUT2D eigenvalue weighted by molar-refractivity contribution is 5.98. The van der Waals surface area contributed by atoms with E-state index in [2.05, 4.69) is 10.1 Å². The van der Waals surface area contributed by atoms with Gasteiger partial charge < -0.3 is 9.84 Å². The number of carboxylic acids is 1. The van der Waals surface area contributed by atoms with Gasteiger partial charge in [-0.2, -0.15) is 5.10 Å². The third-order valence-corrected chi connectivity index (χ3v) is 2.98. The fraction of sp³-hybridized carbons (Fsp3) is 0.0714. The first-order chi connectivity index (χ1) is 10.1. The number of pyridine rings is 1.